The zero-order valence-corrected chi connectivity index (χ0v) is 17.9. The van der Waals surface area contributed by atoms with Gasteiger partial charge in [0, 0.05) is 24.4 Å². The van der Waals surface area contributed by atoms with E-state index < -0.39 is 22.6 Å². The van der Waals surface area contributed by atoms with Crippen LogP contribution in [0.5, 0.6) is 0 Å². The molecule has 3 aliphatic heterocycles. The molecule has 7 nitrogen and oxygen atoms in total. The van der Waals surface area contributed by atoms with Crippen LogP contribution >= 0.6 is 11.8 Å². The van der Waals surface area contributed by atoms with Crippen LogP contribution < -0.4 is 10.6 Å². The first-order valence-electron chi connectivity index (χ1n) is 10.5. The van der Waals surface area contributed by atoms with Crippen molar-refractivity contribution in [2.75, 3.05) is 26.2 Å². The van der Waals surface area contributed by atoms with Crippen molar-refractivity contribution >= 4 is 29.5 Å². The van der Waals surface area contributed by atoms with Crippen molar-refractivity contribution in [2.24, 2.45) is 11.8 Å². The summed E-state index contributed by atoms with van der Waals surface area (Å²) in [5.41, 5.74) is 0. The zero-order chi connectivity index (χ0) is 20.5. The van der Waals surface area contributed by atoms with Crippen LogP contribution in [0.2, 0.25) is 0 Å². The van der Waals surface area contributed by atoms with Crippen molar-refractivity contribution in [3.8, 4) is 0 Å². The minimum absolute atomic E-state index is 0.0761. The molecule has 3 amide bonds. The van der Waals surface area contributed by atoms with Crippen LogP contribution in [0.25, 0.3) is 0 Å². The number of nitrogens with zero attached hydrogens (tertiary/aromatic N) is 1. The summed E-state index contributed by atoms with van der Waals surface area (Å²) in [5, 5.41) is 15.5. The molecule has 28 heavy (non-hydrogen) atoms. The number of carbonyl (C=O) groups excluding carboxylic acids is 3. The van der Waals surface area contributed by atoms with Crippen molar-refractivity contribution in [1.29, 1.82) is 0 Å². The van der Waals surface area contributed by atoms with Crippen LogP contribution in [0.4, 0.5) is 0 Å². The minimum Gasteiger partial charge on any atom is -0.395 e. The van der Waals surface area contributed by atoms with Crippen molar-refractivity contribution in [2.45, 2.75) is 68.4 Å². The average Bonchev–Trinajstić information content (AvgIpc) is 3.22. The van der Waals surface area contributed by atoms with Gasteiger partial charge >= 0.3 is 0 Å². The van der Waals surface area contributed by atoms with Gasteiger partial charge in [-0.2, -0.15) is 0 Å². The van der Waals surface area contributed by atoms with Gasteiger partial charge in [0.2, 0.25) is 17.7 Å². The lowest BCUT2D eigenvalue weighted by Crippen LogP contribution is -2.54. The number of hydrogen-bond donors (Lipinski definition) is 3. The van der Waals surface area contributed by atoms with Gasteiger partial charge in [-0.1, -0.05) is 20.3 Å². The van der Waals surface area contributed by atoms with Crippen LogP contribution in [0, 0.1) is 11.8 Å². The number of β-amino-alcohol motifs (C(OH)–C–C–N with tert-alkyl or cyclic N) is 1. The molecule has 0 saturated carbocycles. The van der Waals surface area contributed by atoms with Gasteiger partial charge in [0.1, 0.15) is 6.04 Å². The third kappa shape index (κ3) is 3.22. The highest BCUT2D eigenvalue weighted by molar-refractivity contribution is 8.02. The van der Waals surface area contributed by atoms with E-state index >= 15 is 0 Å². The average molecular weight is 412 g/mol. The first kappa shape index (κ1) is 21.4. The summed E-state index contributed by atoms with van der Waals surface area (Å²) in [5.74, 6) is -1.31. The van der Waals surface area contributed by atoms with E-state index in [9.17, 15) is 19.5 Å². The van der Waals surface area contributed by atoms with E-state index in [1.807, 2.05) is 6.92 Å². The Bertz CT molecular complexity index is 645. The van der Waals surface area contributed by atoms with Gasteiger partial charge in [-0.05, 0) is 32.6 Å². The van der Waals surface area contributed by atoms with E-state index in [-0.39, 0.29) is 35.6 Å². The normalized spacial score (nSPS) is 35.9. The molecule has 0 aromatic carbocycles. The quantitative estimate of drug-likeness (QED) is 0.490. The maximum absolute atomic E-state index is 13.4. The number of rotatable bonds is 9. The number of unbranched alkanes of at least 4 members (excludes halogenated alkanes) is 1. The molecule has 3 rings (SSSR count). The molecule has 3 saturated heterocycles. The van der Waals surface area contributed by atoms with Crippen molar-refractivity contribution in [1.82, 2.24) is 15.5 Å². The summed E-state index contributed by atoms with van der Waals surface area (Å²) in [6, 6.07) is -0.621. The molecule has 0 aliphatic carbocycles. The maximum Gasteiger partial charge on any atom is 0.244 e. The lowest BCUT2D eigenvalue weighted by molar-refractivity contribution is -0.141. The molecular weight excluding hydrogens is 378 g/mol. The van der Waals surface area contributed by atoms with Gasteiger partial charge in [0.05, 0.1) is 23.2 Å². The monoisotopic (exact) mass is 411 g/mol. The van der Waals surface area contributed by atoms with Crippen molar-refractivity contribution in [3.63, 3.8) is 0 Å². The molecular formula is C20H33N3O4S. The van der Waals surface area contributed by atoms with Crippen molar-refractivity contribution < 1.29 is 19.5 Å². The Morgan fingerprint density at radius 1 is 1.18 bits per heavy atom. The summed E-state index contributed by atoms with van der Waals surface area (Å²) in [6.45, 7) is 7.23. The van der Waals surface area contributed by atoms with Gasteiger partial charge in [-0.15, -0.1) is 11.8 Å². The summed E-state index contributed by atoms with van der Waals surface area (Å²) in [6.07, 6.45) is 4.26. The number of aliphatic hydroxyl groups excluding tert-OH is 1. The van der Waals surface area contributed by atoms with Gasteiger partial charge in [-0.25, -0.2) is 0 Å². The van der Waals surface area contributed by atoms with Crippen LogP contribution in [-0.2, 0) is 14.4 Å². The Hall–Kier alpha value is -1.28. The summed E-state index contributed by atoms with van der Waals surface area (Å²) >= 11 is 1.66. The van der Waals surface area contributed by atoms with E-state index in [1.165, 1.54) is 4.90 Å². The fourth-order valence-corrected chi connectivity index (χ4v) is 7.67. The third-order valence-electron chi connectivity index (χ3n) is 6.53. The Labute approximate surface area is 171 Å². The molecule has 2 bridgehead atoms. The molecule has 0 aromatic rings. The second-order valence-corrected chi connectivity index (χ2v) is 10.3. The van der Waals surface area contributed by atoms with Crippen LogP contribution in [-0.4, -0.2) is 69.5 Å². The van der Waals surface area contributed by atoms with Crippen LogP contribution in [0.15, 0.2) is 0 Å². The zero-order valence-electron chi connectivity index (χ0n) is 17.1. The Morgan fingerprint density at radius 2 is 1.89 bits per heavy atom. The second kappa shape index (κ2) is 8.22. The van der Waals surface area contributed by atoms with Gasteiger partial charge in [-0.3, -0.25) is 14.4 Å². The van der Waals surface area contributed by atoms with E-state index in [0.29, 0.717) is 13.1 Å². The number of aliphatic hydroxyl groups is 1. The molecule has 8 heteroatoms. The lowest BCUT2D eigenvalue weighted by atomic mass is 9.66. The van der Waals surface area contributed by atoms with Gasteiger partial charge < -0.3 is 20.6 Å². The fourth-order valence-electron chi connectivity index (χ4n) is 5.32. The SMILES string of the molecule is CCCCNC(=O)C1N(CCO)C(=O)[C@@H]2[C@@H](C(=O)NCCC)[C@@]3(C)CCC12S3. The van der Waals surface area contributed by atoms with Gasteiger partial charge in [0.15, 0.2) is 0 Å². The van der Waals surface area contributed by atoms with Crippen LogP contribution in [0.1, 0.15) is 52.9 Å². The molecule has 5 atom stereocenters. The van der Waals surface area contributed by atoms with E-state index in [0.717, 1.165) is 32.1 Å². The highest BCUT2D eigenvalue weighted by atomic mass is 32.2. The van der Waals surface area contributed by atoms with E-state index in [1.54, 1.807) is 11.8 Å². The summed E-state index contributed by atoms with van der Waals surface area (Å²) in [4.78, 5) is 41.0. The number of nitrogens with one attached hydrogen (secondary N) is 2. The number of carbonyl (C=O) groups is 3. The molecule has 158 valence electrons. The number of fused-ring (bicyclic) bond motifs is 1. The highest BCUT2D eigenvalue weighted by Crippen LogP contribution is 2.71. The standard InChI is InChI=1S/C20H33N3O4S/c1-4-6-10-22-17(26)15-20-8-7-19(3,28-20)13(16(25)21-9-5-2)14(20)18(27)23(15)11-12-24/h13-15,24H,4-12H2,1-3H3,(H,21,25)(H,22,26)/t13-,14-,15?,19+,20?/m0/s1. The Kier molecular flexibility index (Phi) is 6.29. The first-order valence-corrected chi connectivity index (χ1v) is 11.3. The number of likely N-dealkylation sites (tertiary alicyclic amines) is 1. The molecule has 3 fully saturated rings. The smallest absolute Gasteiger partial charge is 0.244 e. The summed E-state index contributed by atoms with van der Waals surface area (Å²) < 4.78 is -0.906. The number of amides is 3. The summed E-state index contributed by atoms with van der Waals surface area (Å²) in [7, 11) is 0. The predicted molar refractivity (Wildman–Crippen MR) is 109 cm³/mol. The highest BCUT2D eigenvalue weighted by Gasteiger charge is 2.76. The maximum atomic E-state index is 13.4. The molecule has 3 heterocycles. The molecule has 0 radical (unpaired) electrons. The van der Waals surface area contributed by atoms with Crippen LogP contribution in [0.3, 0.4) is 0 Å². The molecule has 1 spiro atoms. The topological polar surface area (TPSA) is 98.7 Å². The number of hydrogen-bond acceptors (Lipinski definition) is 5. The molecule has 3 N–H and O–H groups in total. The molecule has 0 aromatic heterocycles. The first-order chi connectivity index (χ1) is 13.4. The predicted octanol–water partition coefficient (Wildman–Crippen LogP) is 0.903. The molecule has 3 aliphatic rings. The second-order valence-electron chi connectivity index (χ2n) is 8.42. The fraction of sp³-hybridized carbons (Fsp3) is 0.850. The Morgan fingerprint density at radius 3 is 2.54 bits per heavy atom. The minimum atomic E-state index is -0.621. The van der Waals surface area contributed by atoms with E-state index in [4.69, 9.17) is 0 Å². The number of thioether (sulfide) groups is 1. The lowest BCUT2D eigenvalue weighted by Gasteiger charge is -2.34. The molecule has 2 unspecified atom stereocenters. The van der Waals surface area contributed by atoms with Gasteiger partial charge in [0.25, 0.3) is 0 Å². The third-order valence-corrected chi connectivity index (χ3v) is 8.51. The van der Waals surface area contributed by atoms with E-state index in [2.05, 4.69) is 24.5 Å². The van der Waals surface area contributed by atoms with Crippen molar-refractivity contribution in [3.05, 3.63) is 0 Å². The largest absolute Gasteiger partial charge is 0.395 e. The Balaban J connectivity index is 1.93.